The first-order valence-electron chi connectivity index (χ1n) is 32.1. The topological polar surface area (TPSA) is 231 Å². The lowest BCUT2D eigenvalue weighted by molar-refractivity contribution is -0.00888. The van der Waals surface area contributed by atoms with E-state index < -0.39 is 0 Å². The van der Waals surface area contributed by atoms with Crippen LogP contribution in [0.1, 0.15) is 92.5 Å². The predicted molar refractivity (Wildman–Crippen MR) is 370 cm³/mol. The fraction of sp³-hybridized carbons (Fsp3) is 0.320. The summed E-state index contributed by atoms with van der Waals surface area (Å²) in [6, 6.07) is 45.4. The summed E-state index contributed by atoms with van der Waals surface area (Å²) in [5.74, 6) is 3.16. The largest absolute Gasteiger partial charge is 0.506 e. The van der Waals surface area contributed by atoms with Crippen LogP contribution in [0.3, 0.4) is 0 Å². The Morgan fingerprint density at radius 3 is 1.15 bits per heavy atom. The van der Waals surface area contributed by atoms with Crippen LogP contribution in [0, 0.1) is 40.9 Å². The zero-order valence-electron chi connectivity index (χ0n) is 52.2. The van der Waals surface area contributed by atoms with Gasteiger partial charge in [-0.25, -0.2) is 28.5 Å². The van der Waals surface area contributed by atoms with Crippen molar-refractivity contribution in [2.24, 2.45) is 0 Å². The maximum atomic E-state index is 10.1. The number of aromatic nitrogens is 9. The monoisotopic (exact) mass is 1260 g/mol. The number of rotatable bonds is 12. The number of aromatic hydroxyl groups is 2. The quantitative estimate of drug-likeness (QED) is 0.103. The number of hydrogen-bond donors (Lipinski definition) is 3. The highest BCUT2D eigenvalue weighted by Crippen LogP contribution is 2.40. The summed E-state index contributed by atoms with van der Waals surface area (Å²) < 4.78 is 4.86. The number of piperidine rings is 3. The number of nitrogens with zero attached hydrogens (tertiary/aromatic N) is 17. The van der Waals surface area contributed by atoms with E-state index >= 15 is 0 Å². The van der Waals surface area contributed by atoms with E-state index in [0.717, 1.165) is 127 Å². The van der Waals surface area contributed by atoms with E-state index in [-0.39, 0.29) is 26.4 Å². The number of nitrogens with one attached hydrogen (secondary N) is 1. The van der Waals surface area contributed by atoms with Crippen molar-refractivity contribution in [3.05, 3.63) is 203 Å². The standard InChI is InChI=1S/C28H28N6.C27H26N6O.C18H16N6O.2CH4/c1-3-20-6-4-5-7-22(20)16-33-24-11-25(33)18-32(17-24)27-9-8-21(13-30-27)26-10-19(2)15-34-28(26)23(12-29)14-31-34;1-2-18-5-3-4-6-20(18)14-32-22-9-23(32)16-31(15-22)26-8-7-19(12-29-26)25-10-24(34)17-33-27(25)21(11-28)13-30-33;19-5-12-7-21-24-10-15(25)4-16(18(12)24)11-1-2-17(20-6-11)23-8-13-3-14(9-23)22-13;;/h4-10,13-15,24-25H,3,11,16-18H2,1-2H3;3-8,10,12-13,17,22-23,34H,2,9,14-16H2,1H3;1-2,4,6-7,10,13-14,22,25H,3,8-9H2;2*1H4. The zero-order valence-corrected chi connectivity index (χ0v) is 52.2. The molecule has 9 aliphatic heterocycles. The first-order chi connectivity index (χ1) is 45.5. The summed E-state index contributed by atoms with van der Waals surface area (Å²) in [4.78, 5) is 26.6. The lowest BCUT2D eigenvalue weighted by Crippen LogP contribution is -2.68. The first kappa shape index (κ1) is 63.1. The Bertz CT molecular complexity index is 4490. The summed E-state index contributed by atoms with van der Waals surface area (Å²) in [6.45, 7) is 14.6. The van der Waals surface area contributed by atoms with Crippen LogP contribution >= 0.6 is 0 Å². The van der Waals surface area contributed by atoms with E-state index in [1.165, 1.54) is 70.8 Å². The van der Waals surface area contributed by atoms with Crippen molar-refractivity contribution in [3.63, 3.8) is 0 Å². The molecule has 6 bridgehead atoms. The molecule has 0 saturated carbocycles. The van der Waals surface area contributed by atoms with Crippen molar-refractivity contribution in [3.8, 4) is 63.1 Å². The smallest absolute Gasteiger partial charge is 0.134 e. The summed E-state index contributed by atoms with van der Waals surface area (Å²) in [7, 11) is 0. The van der Waals surface area contributed by atoms with E-state index in [1.54, 1.807) is 33.6 Å². The summed E-state index contributed by atoms with van der Waals surface area (Å²) in [5, 5.41) is 64.6. The van der Waals surface area contributed by atoms with Crippen molar-refractivity contribution in [1.29, 1.82) is 15.8 Å². The van der Waals surface area contributed by atoms with Crippen LogP contribution in [0.4, 0.5) is 17.5 Å². The number of fused-ring (bicyclic) bond motifs is 9. The molecule has 0 aliphatic carbocycles. The minimum atomic E-state index is 0. The maximum absolute atomic E-state index is 10.1. The zero-order chi connectivity index (χ0) is 63.4. The second-order valence-corrected chi connectivity index (χ2v) is 25.4. The molecule has 20 nitrogen and oxygen atoms in total. The van der Waals surface area contributed by atoms with Crippen LogP contribution in [-0.2, 0) is 25.9 Å². The number of benzene rings is 2. The lowest BCUT2D eigenvalue weighted by Gasteiger charge is -2.57. The molecule has 11 aromatic rings. The molecule has 18 heterocycles. The molecule has 0 spiro atoms. The Morgan fingerprint density at radius 1 is 0.453 bits per heavy atom. The Labute approximate surface area is 553 Å². The van der Waals surface area contributed by atoms with Crippen molar-refractivity contribution >= 4 is 34.0 Å². The van der Waals surface area contributed by atoms with Crippen molar-refractivity contribution < 1.29 is 10.2 Å². The van der Waals surface area contributed by atoms with Gasteiger partial charge >= 0.3 is 0 Å². The van der Waals surface area contributed by atoms with Gasteiger partial charge in [-0.1, -0.05) is 77.2 Å². The highest BCUT2D eigenvalue weighted by Gasteiger charge is 2.46. The lowest BCUT2D eigenvalue weighted by atomic mass is 9.86. The number of nitriles is 3. The maximum Gasteiger partial charge on any atom is 0.134 e. The van der Waals surface area contributed by atoms with Crippen molar-refractivity contribution in [2.45, 2.75) is 117 Å². The van der Waals surface area contributed by atoms with Crippen LogP contribution in [-0.4, -0.2) is 139 Å². The van der Waals surface area contributed by atoms with Gasteiger partial charge in [0.15, 0.2) is 0 Å². The van der Waals surface area contributed by atoms with Gasteiger partial charge in [-0.3, -0.25) is 9.80 Å². The molecule has 2 aromatic carbocycles. The number of hydrogen-bond acceptors (Lipinski definition) is 17. The molecular formula is C75H78N18O2. The molecule has 0 radical (unpaired) electrons. The van der Waals surface area contributed by atoms with Crippen molar-refractivity contribution in [2.75, 3.05) is 54.0 Å². The van der Waals surface area contributed by atoms with Gasteiger partial charge < -0.3 is 30.2 Å². The second kappa shape index (κ2) is 26.4. The Kier molecular flexibility index (Phi) is 17.5. The van der Waals surface area contributed by atoms with Crippen LogP contribution in [0.2, 0.25) is 0 Å². The molecule has 0 amide bonds. The normalized spacial score (nSPS) is 19.9. The number of piperazine rings is 3. The molecule has 9 fully saturated rings. The molecule has 95 heavy (non-hydrogen) atoms. The fourth-order valence-electron chi connectivity index (χ4n) is 15.0. The van der Waals surface area contributed by atoms with Gasteiger partial charge in [-0.2, -0.15) is 31.1 Å². The van der Waals surface area contributed by atoms with Gasteiger partial charge in [0.1, 0.15) is 47.2 Å². The summed E-state index contributed by atoms with van der Waals surface area (Å²) >= 11 is 0. The number of pyridine rings is 6. The molecule has 9 saturated heterocycles. The predicted octanol–water partition coefficient (Wildman–Crippen LogP) is 11.4. The molecule has 9 aromatic heterocycles. The number of anilines is 3. The summed E-state index contributed by atoms with van der Waals surface area (Å²) in [6.07, 6.45) is 21.1. The molecule has 480 valence electrons. The molecule has 6 atom stereocenters. The Hall–Kier alpha value is -10.7. The second-order valence-electron chi connectivity index (χ2n) is 25.4. The molecule has 20 heteroatoms. The SMILES string of the molecule is C.C.CCc1ccccc1CN1C2CC1CN(c1ccc(-c3cc(C)cn4ncc(C#N)c34)cn1)C2.CCc1ccccc1CN1C2CC1CN(c1ccc(-c3cc(O)cn4ncc(C#N)c34)cn1)C2.N#Cc1cnn2cc(O)cc(-c3ccc(N4CC5CC(C4)N5)nc3)c12. The highest BCUT2D eigenvalue weighted by atomic mass is 16.3. The molecule has 6 unspecified atom stereocenters. The third-order valence-corrected chi connectivity index (χ3v) is 19.8. The molecular weight excluding hydrogens is 1180 g/mol. The number of aryl methyl sites for hydroxylation is 3. The van der Waals surface area contributed by atoms with Crippen LogP contribution < -0.4 is 20.0 Å². The third-order valence-electron chi connectivity index (χ3n) is 19.8. The fourth-order valence-corrected chi connectivity index (χ4v) is 15.0. The molecule has 9 aliphatic rings. The van der Waals surface area contributed by atoms with Gasteiger partial charge in [0, 0.05) is 147 Å². The van der Waals surface area contributed by atoms with Gasteiger partial charge in [-0.15, -0.1) is 0 Å². The average Bonchev–Trinajstić information content (AvgIpc) is 1.63. The minimum absolute atomic E-state index is 0. The average molecular weight is 1260 g/mol. The van der Waals surface area contributed by atoms with Crippen LogP contribution in [0.5, 0.6) is 11.5 Å². The third kappa shape index (κ3) is 12.0. The first-order valence-corrected chi connectivity index (χ1v) is 32.1. The van der Waals surface area contributed by atoms with E-state index in [0.29, 0.717) is 64.0 Å². The molecule has 3 N–H and O–H groups in total. The summed E-state index contributed by atoms with van der Waals surface area (Å²) in [5.41, 5.74) is 15.8. The highest BCUT2D eigenvalue weighted by molar-refractivity contribution is 5.87. The van der Waals surface area contributed by atoms with E-state index in [1.807, 2.05) is 49.8 Å². The van der Waals surface area contributed by atoms with E-state index in [4.69, 9.17) is 9.97 Å². The molecule has 20 rings (SSSR count). The Morgan fingerprint density at radius 2 is 0.800 bits per heavy atom. The van der Waals surface area contributed by atoms with Crippen LogP contribution in [0.25, 0.3) is 49.9 Å². The van der Waals surface area contributed by atoms with E-state index in [9.17, 15) is 26.0 Å². The van der Waals surface area contributed by atoms with Crippen LogP contribution in [0.15, 0.2) is 159 Å². The minimum Gasteiger partial charge on any atom is -0.506 e. The van der Waals surface area contributed by atoms with Gasteiger partial charge in [0.05, 0.1) is 64.2 Å². The van der Waals surface area contributed by atoms with Gasteiger partial charge in [0.2, 0.25) is 0 Å². The Balaban J connectivity index is 0.000000129. The van der Waals surface area contributed by atoms with Gasteiger partial charge in [0.25, 0.3) is 0 Å². The van der Waals surface area contributed by atoms with Crippen molar-refractivity contribution in [1.82, 2.24) is 58.9 Å². The van der Waals surface area contributed by atoms with E-state index in [2.05, 4.69) is 149 Å². The van der Waals surface area contributed by atoms with Gasteiger partial charge in [-0.05, 0) is 121 Å².